The van der Waals surface area contributed by atoms with Gasteiger partial charge in [0.05, 0.1) is 6.04 Å². The average Bonchev–Trinajstić information content (AvgIpc) is 2.14. The highest BCUT2D eigenvalue weighted by atomic mass is 16.1. The Morgan fingerprint density at radius 2 is 2.50 bits per heavy atom. The maximum atomic E-state index is 10.0. The van der Waals surface area contributed by atoms with Crippen LogP contribution in [0.15, 0.2) is 0 Å². The molecule has 0 aromatic heterocycles. The molecule has 0 aromatic carbocycles. The zero-order valence-corrected chi connectivity index (χ0v) is 4.63. The lowest BCUT2D eigenvalue weighted by Crippen LogP contribution is -2.23. The van der Waals surface area contributed by atoms with Gasteiger partial charge in [-0.3, -0.25) is 0 Å². The molecule has 0 aliphatic carbocycles. The van der Waals surface area contributed by atoms with Crippen LogP contribution >= 0.6 is 0 Å². The fourth-order valence-corrected chi connectivity index (χ4v) is 0.899. The van der Waals surface area contributed by atoms with Gasteiger partial charge in [-0.15, -0.1) is 0 Å². The van der Waals surface area contributed by atoms with Crippen molar-refractivity contribution in [2.24, 2.45) is 5.73 Å². The topological polar surface area (TPSA) is 55.1 Å². The van der Waals surface area contributed by atoms with Crippen molar-refractivity contribution in [3.8, 4) is 0 Å². The summed E-state index contributed by atoms with van der Waals surface area (Å²) in [7, 11) is 0. The highest BCUT2D eigenvalue weighted by Gasteiger charge is 2.19. The number of rotatable bonds is 1. The molecule has 1 rings (SSSR count). The van der Waals surface area contributed by atoms with Crippen LogP contribution in [0.1, 0.15) is 6.42 Å². The maximum absolute atomic E-state index is 10.0. The maximum Gasteiger partial charge on any atom is 0.136 e. The van der Waals surface area contributed by atoms with Crippen molar-refractivity contribution in [2.75, 3.05) is 6.54 Å². The van der Waals surface area contributed by atoms with Crippen molar-refractivity contribution >= 4 is 6.29 Å². The van der Waals surface area contributed by atoms with Gasteiger partial charge in [-0.1, -0.05) is 0 Å². The Balaban J connectivity index is 2.32. The smallest absolute Gasteiger partial charge is 0.136 e. The summed E-state index contributed by atoms with van der Waals surface area (Å²) >= 11 is 0. The molecule has 0 bridgehead atoms. The molecule has 46 valence electrons. The molecule has 3 nitrogen and oxygen atoms in total. The van der Waals surface area contributed by atoms with Crippen LogP contribution in [-0.4, -0.2) is 24.9 Å². The molecule has 1 unspecified atom stereocenters. The van der Waals surface area contributed by atoms with Crippen LogP contribution in [0.3, 0.4) is 0 Å². The number of carbonyl (C=O) groups excluding carboxylic acids is 1. The lowest BCUT2D eigenvalue weighted by atomic mass is 10.2. The van der Waals surface area contributed by atoms with Crippen molar-refractivity contribution in [1.82, 2.24) is 5.32 Å². The molecule has 3 heteroatoms. The molecular formula is C5H10N2O. The van der Waals surface area contributed by atoms with E-state index in [-0.39, 0.29) is 12.1 Å². The van der Waals surface area contributed by atoms with E-state index < -0.39 is 0 Å². The Kier molecular flexibility index (Phi) is 1.60. The van der Waals surface area contributed by atoms with Gasteiger partial charge < -0.3 is 15.8 Å². The van der Waals surface area contributed by atoms with Gasteiger partial charge >= 0.3 is 0 Å². The third-order valence-corrected chi connectivity index (χ3v) is 1.36. The summed E-state index contributed by atoms with van der Waals surface area (Å²) in [6.45, 7) is 0.781. The third-order valence-electron chi connectivity index (χ3n) is 1.36. The van der Waals surface area contributed by atoms with Crippen LogP contribution in [0.25, 0.3) is 0 Å². The van der Waals surface area contributed by atoms with Gasteiger partial charge in [0.15, 0.2) is 0 Å². The van der Waals surface area contributed by atoms with Crippen molar-refractivity contribution in [2.45, 2.75) is 18.5 Å². The quantitative estimate of drug-likeness (QED) is 0.424. The van der Waals surface area contributed by atoms with Crippen molar-refractivity contribution in [3.05, 3.63) is 0 Å². The summed E-state index contributed by atoms with van der Waals surface area (Å²) in [6.07, 6.45) is 1.70. The molecule has 1 aliphatic rings. The van der Waals surface area contributed by atoms with Crippen molar-refractivity contribution in [1.29, 1.82) is 0 Å². The van der Waals surface area contributed by atoms with Crippen molar-refractivity contribution < 1.29 is 4.79 Å². The first-order valence-electron chi connectivity index (χ1n) is 2.77. The molecule has 1 fully saturated rings. The summed E-state index contributed by atoms with van der Waals surface area (Å²) in [5.41, 5.74) is 5.48. The molecule has 0 saturated carbocycles. The van der Waals surface area contributed by atoms with E-state index in [9.17, 15) is 4.79 Å². The zero-order chi connectivity index (χ0) is 5.98. The number of hydrogen-bond donors (Lipinski definition) is 2. The van der Waals surface area contributed by atoms with Gasteiger partial charge in [-0.05, 0) is 6.42 Å². The van der Waals surface area contributed by atoms with E-state index in [1.807, 2.05) is 0 Å². The highest BCUT2D eigenvalue weighted by Crippen LogP contribution is 1.99. The van der Waals surface area contributed by atoms with E-state index in [1.54, 1.807) is 0 Å². The minimum atomic E-state index is 0.0185. The van der Waals surface area contributed by atoms with Crippen molar-refractivity contribution in [3.63, 3.8) is 0 Å². The first-order valence-corrected chi connectivity index (χ1v) is 2.77. The summed E-state index contributed by atoms with van der Waals surface area (Å²) in [4.78, 5) is 10.0. The molecule has 8 heavy (non-hydrogen) atoms. The van der Waals surface area contributed by atoms with Gasteiger partial charge in [-0.25, -0.2) is 0 Å². The first-order chi connectivity index (χ1) is 3.83. The predicted octanol–water partition coefficient (Wildman–Crippen LogP) is -1.13. The number of hydrogen-bond acceptors (Lipinski definition) is 3. The van der Waals surface area contributed by atoms with Crippen LogP contribution in [0.5, 0.6) is 0 Å². The molecule has 1 heterocycles. The summed E-state index contributed by atoms with van der Waals surface area (Å²) in [5.74, 6) is 0. The van der Waals surface area contributed by atoms with Crippen LogP contribution in [0.4, 0.5) is 0 Å². The van der Waals surface area contributed by atoms with Gasteiger partial charge in [-0.2, -0.15) is 0 Å². The third kappa shape index (κ3) is 1.05. The largest absolute Gasteiger partial charge is 0.326 e. The fraction of sp³-hybridized carbons (Fsp3) is 0.800. The SMILES string of the molecule is NC1CN[C@@H](C=O)C1. The molecule has 0 amide bonds. The van der Waals surface area contributed by atoms with E-state index >= 15 is 0 Å². The zero-order valence-electron chi connectivity index (χ0n) is 4.63. The predicted molar refractivity (Wildman–Crippen MR) is 30.4 cm³/mol. The van der Waals surface area contributed by atoms with E-state index in [1.165, 1.54) is 0 Å². The molecule has 2 atom stereocenters. The van der Waals surface area contributed by atoms with Gasteiger partial charge in [0.2, 0.25) is 0 Å². The molecular weight excluding hydrogens is 104 g/mol. The normalized spacial score (nSPS) is 37.6. The van der Waals surface area contributed by atoms with Gasteiger partial charge in [0.1, 0.15) is 6.29 Å². The Hall–Kier alpha value is -0.410. The Labute approximate surface area is 48.2 Å². The number of nitrogens with one attached hydrogen (secondary N) is 1. The fourth-order valence-electron chi connectivity index (χ4n) is 0.899. The highest BCUT2D eigenvalue weighted by molar-refractivity contribution is 5.58. The summed E-state index contributed by atoms with van der Waals surface area (Å²) in [6, 6.07) is 0.204. The number of nitrogens with two attached hydrogens (primary N) is 1. The molecule has 0 aromatic rings. The minimum Gasteiger partial charge on any atom is -0.326 e. The van der Waals surface area contributed by atoms with Crippen LogP contribution in [-0.2, 0) is 4.79 Å². The standard InChI is InChI=1S/C5H10N2O/c6-4-1-5(3-8)7-2-4/h3-5,7H,1-2,6H2/t4?,5-/m1/s1. The van der Waals surface area contributed by atoms with Crippen LogP contribution in [0, 0.1) is 0 Å². The first kappa shape index (κ1) is 5.72. The summed E-state index contributed by atoms with van der Waals surface area (Å²) < 4.78 is 0. The lowest BCUT2D eigenvalue weighted by molar-refractivity contribution is -0.109. The lowest BCUT2D eigenvalue weighted by Gasteiger charge is -1.95. The Bertz CT molecular complexity index is 94.4. The molecule has 3 N–H and O–H groups in total. The average molecular weight is 114 g/mol. The molecule has 0 radical (unpaired) electrons. The number of aldehydes is 1. The second kappa shape index (κ2) is 2.24. The second-order valence-corrected chi connectivity index (χ2v) is 2.15. The van der Waals surface area contributed by atoms with Gasteiger partial charge in [0, 0.05) is 12.6 Å². The molecule has 1 aliphatic heterocycles. The van der Waals surface area contributed by atoms with Crippen LogP contribution in [0.2, 0.25) is 0 Å². The summed E-state index contributed by atoms with van der Waals surface area (Å²) in [5, 5.41) is 2.96. The Morgan fingerprint density at radius 1 is 1.75 bits per heavy atom. The Morgan fingerprint density at radius 3 is 2.75 bits per heavy atom. The molecule has 1 saturated heterocycles. The second-order valence-electron chi connectivity index (χ2n) is 2.15. The minimum absolute atomic E-state index is 0.0185. The van der Waals surface area contributed by atoms with Crippen LogP contribution < -0.4 is 11.1 Å². The van der Waals surface area contributed by atoms with E-state index in [2.05, 4.69) is 5.32 Å². The van der Waals surface area contributed by atoms with E-state index in [0.29, 0.717) is 0 Å². The monoisotopic (exact) mass is 114 g/mol. The number of carbonyl (C=O) groups is 1. The van der Waals surface area contributed by atoms with E-state index in [4.69, 9.17) is 5.73 Å². The van der Waals surface area contributed by atoms with Gasteiger partial charge in [0.25, 0.3) is 0 Å². The van der Waals surface area contributed by atoms with E-state index in [0.717, 1.165) is 19.3 Å². The molecule has 0 spiro atoms.